The van der Waals surface area contributed by atoms with E-state index in [4.69, 9.17) is 4.74 Å². The van der Waals surface area contributed by atoms with Gasteiger partial charge in [-0.2, -0.15) is 0 Å². The highest BCUT2D eigenvalue weighted by Crippen LogP contribution is 2.26. The Morgan fingerprint density at radius 1 is 1.45 bits per heavy atom. The molecular weight excluding hydrogens is 282 g/mol. The van der Waals surface area contributed by atoms with Gasteiger partial charge < -0.3 is 20.7 Å². The van der Waals surface area contributed by atoms with Crippen LogP contribution in [0.4, 0.5) is 5.69 Å². The first-order valence-corrected chi connectivity index (χ1v) is 7.62. The molecule has 0 bridgehead atoms. The largest absolute Gasteiger partial charge is 0.375 e. The summed E-state index contributed by atoms with van der Waals surface area (Å²) in [5, 5.41) is 9.00. The molecule has 3 rings (SSSR count). The Balaban J connectivity index is 1.67. The molecule has 3 N–H and O–H groups in total. The van der Waals surface area contributed by atoms with Crippen LogP contribution in [0.25, 0.3) is 0 Å². The van der Waals surface area contributed by atoms with Crippen molar-refractivity contribution in [1.82, 2.24) is 10.6 Å². The predicted molar refractivity (Wildman–Crippen MR) is 82.5 cm³/mol. The molecule has 1 aromatic carbocycles. The SMILES string of the molecule is CC(NC(=O)[C@H]1NCCO[C@@H]1C)c1ccc2c(c1)CC(=O)N2. The highest BCUT2D eigenvalue weighted by Gasteiger charge is 2.29. The van der Waals surface area contributed by atoms with Gasteiger partial charge in [-0.25, -0.2) is 0 Å². The van der Waals surface area contributed by atoms with Crippen LogP contribution in [-0.2, 0) is 20.7 Å². The first-order chi connectivity index (χ1) is 10.5. The van der Waals surface area contributed by atoms with Crippen molar-refractivity contribution < 1.29 is 14.3 Å². The third-order valence-corrected chi connectivity index (χ3v) is 4.21. The maximum absolute atomic E-state index is 12.4. The molecule has 0 spiro atoms. The molecule has 3 atom stereocenters. The van der Waals surface area contributed by atoms with E-state index in [-0.39, 0.29) is 30.0 Å². The van der Waals surface area contributed by atoms with Crippen LogP contribution in [0.3, 0.4) is 0 Å². The molecular formula is C16H21N3O3. The van der Waals surface area contributed by atoms with Crippen molar-refractivity contribution >= 4 is 17.5 Å². The average Bonchev–Trinajstić information content (AvgIpc) is 2.86. The lowest BCUT2D eigenvalue weighted by Gasteiger charge is -2.30. The molecule has 1 saturated heterocycles. The van der Waals surface area contributed by atoms with Crippen molar-refractivity contribution in [1.29, 1.82) is 0 Å². The summed E-state index contributed by atoms with van der Waals surface area (Å²) in [6.45, 7) is 5.15. The third kappa shape index (κ3) is 2.98. The van der Waals surface area contributed by atoms with Crippen molar-refractivity contribution in [3.8, 4) is 0 Å². The van der Waals surface area contributed by atoms with Gasteiger partial charge in [-0.05, 0) is 31.0 Å². The molecule has 1 aromatic rings. The Hall–Kier alpha value is -1.92. The minimum absolute atomic E-state index is 0.0150. The standard InChI is InChI=1S/C16H21N3O3/c1-9(18-16(21)15-10(2)22-6-5-17-15)11-3-4-13-12(7-11)8-14(20)19-13/h3-4,7,9-10,15,17H,5-6,8H2,1-2H3,(H,18,21)(H,19,20)/t9?,10-,15+/m1/s1. The zero-order valence-electron chi connectivity index (χ0n) is 12.8. The number of carbonyl (C=O) groups excluding carboxylic acids is 2. The maximum Gasteiger partial charge on any atom is 0.240 e. The van der Waals surface area contributed by atoms with Crippen LogP contribution in [0.5, 0.6) is 0 Å². The zero-order chi connectivity index (χ0) is 15.7. The number of rotatable bonds is 3. The molecule has 2 heterocycles. The molecule has 1 fully saturated rings. The smallest absolute Gasteiger partial charge is 0.240 e. The number of hydrogen-bond acceptors (Lipinski definition) is 4. The molecule has 0 aromatic heterocycles. The van der Waals surface area contributed by atoms with Gasteiger partial charge in [-0.3, -0.25) is 9.59 Å². The number of nitrogens with one attached hydrogen (secondary N) is 3. The minimum atomic E-state index is -0.325. The lowest BCUT2D eigenvalue weighted by molar-refractivity contribution is -0.129. The van der Waals surface area contributed by atoms with Crippen LogP contribution in [0, 0.1) is 0 Å². The second-order valence-corrected chi connectivity index (χ2v) is 5.88. The Labute approximate surface area is 129 Å². The van der Waals surface area contributed by atoms with E-state index < -0.39 is 0 Å². The maximum atomic E-state index is 12.4. The quantitative estimate of drug-likeness (QED) is 0.769. The summed E-state index contributed by atoms with van der Waals surface area (Å²) in [5.74, 6) is -0.0457. The van der Waals surface area contributed by atoms with Crippen LogP contribution < -0.4 is 16.0 Å². The van der Waals surface area contributed by atoms with Gasteiger partial charge in [0.05, 0.1) is 25.2 Å². The summed E-state index contributed by atoms with van der Waals surface area (Å²) in [5.41, 5.74) is 2.84. The topological polar surface area (TPSA) is 79.5 Å². The number of morpholine rings is 1. The number of amides is 2. The lowest BCUT2D eigenvalue weighted by atomic mass is 10.0. The van der Waals surface area contributed by atoms with E-state index in [2.05, 4.69) is 16.0 Å². The summed E-state index contributed by atoms with van der Waals surface area (Å²) >= 11 is 0. The van der Waals surface area contributed by atoms with Crippen LogP contribution in [0.15, 0.2) is 18.2 Å². The first-order valence-electron chi connectivity index (χ1n) is 7.62. The van der Waals surface area contributed by atoms with Crippen molar-refractivity contribution in [2.45, 2.75) is 38.5 Å². The third-order valence-electron chi connectivity index (χ3n) is 4.21. The van der Waals surface area contributed by atoms with Crippen molar-refractivity contribution in [3.05, 3.63) is 29.3 Å². The second kappa shape index (κ2) is 6.06. The summed E-state index contributed by atoms with van der Waals surface area (Å²) < 4.78 is 5.50. The second-order valence-electron chi connectivity index (χ2n) is 5.88. The fraction of sp³-hybridized carbons (Fsp3) is 0.500. The summed E-state index contributed by atoms with van der Waals surface area (Å²) in [6, 6.07) is 5.36. The van der Waals surface area contributed by atoms with Gasteiger partial charge in [0.25, 0.3) is 0 Å². The zero-order valence-corrected chi connectivity index (χ0v) is 12.8. The molecule has 0 aliphatic carbocycles. The summed E-state index contributed by atoms with van der Waals surface area (Å²) in [4.78, 5) is 23.8. The molecule has 6 nitrogen and oxygen atoms in total. The van der Waals surface area contributed by atoms with Gasteiger partial charge in [-0.15, -0.1) is 0 Å². The van der Waals surface area contributed by atoms with E-state index in [1.54, 1.807) is 0 Å². The fourth-order valence-corrected chi connectivity index (χ4v) is 2.93. The van der Waals surface area contributed by atoms with Crippen molar-refractivity contribution in [3.63, 3.8) is 0 Å². The highest BCUT2D eigenvalue weighted by atomic mass is 16.5. The minimum Gasteiger partial charge on any atom is -0.375 e. The Morgan fingerprint density at radius 3 is 3.05 bits per heavy atom. The van der Waals surface area contributed by atoms with Crippen LogP contribution in [-0.4, -0.2) is 37.1 Å². The average molecular weight is 303 g/mol. The Morgan fingerprint density at radius 2 is 2.27 bits per heavy atom. The number of benzene rings is 1. The molecule has 2 aliphatic rings. The van der Waals surface area contributed by atoms with Gasteiger partial charge in [-0.1, -0.05) is 12.1 Å². The molecule has 22 heavy (non-hydrogen) atoms. The normalized spacial score (nSPS) is 25.3. The van der Waals surface area contributed by atoms with Gasteiger partial charge in [0, 0.05) is 12.2 Å². The molecule has 6 heteroatoms. The number of ether oxygens (including phenoxy) is 1. The predicted octanol–water partition coefficient (Wildman–Crippen LogP) is 0.735. The van der Waals surface area contributed by atoms with Crippen LogP contribution in [0.1, 0.15) is 31.0 Å². The molecule has 0 saturated carbocycles. The van der Waals surface area contributed by atoms with Gasteiger partial charge in [0.1, 0.15) is 6.04 Å². The molecule has 2 amide bonds. The monoisotopic (exact) mass is 303 g/mol. The lowest BCUT2D eigenvalue weighted by Crippen LogP contribution is -2.55. The van der Waals surface area contributed by atoms with Crippen molar-refractivity contribution in [2.75, 3.05) is 18.5 Å². The Kier molecular flexibility index (Phi) is 4.13. The molecule has 1 unspecified atom stereocenters. The summed E-state index contributed by atoms with van der Waals surface area (Å²) in [6.07, 6.45) is 0.265. The van der Waals surface area contributed by atoms with Gasteiger partial charge in [0.2, 0.25) is 11.8 Å². The van der Waals surface area contributed by atoms with E-state index in [1.165, 1.54) is 0 Å². The fourth-order valence-electron chi connectivity index (χ4n) is 2.93. The molecule has 2 aliphatic heterocycles. The van der Waals surface area contributed by atoms with E-state index in [0.29, 0.717) is 19.6 Å². The van der Waals surface area contributed by atoms with E-state index in [0.717, 1.165) is 16.8 Å². The number of anilines is 1. The number of fused-ring (bicyclic) bond motifs is 1. The van der Waals surface area contributed by atoms with Gasteiger partial charge >= 0.3 is 0 Å². The highest BCUT2D eigenvalue weighted by molar-refractivity contribution is 5.99. The Bertz CT molecular complexity index is 602. The summed E-state index contributed by atoms with van der Waals surface area (Å²) in [7, 11) is 0. The van der Waals surface area contributed by atoms with Crippen LogP contribution in [0.2, 0.25) is 0 Å². The number of hydrogen-bond donors (Lipinski definition) is 3. The van der Waals surface area contributed by atoms with E-state index >= 15 is 0 Å². The van der Waals surface area contributed by atoms with E-state index in [9.17, 15) is 9.59 Å². The van der Waals surface area contributed by atoms with Crippen LogP contribution >= 0.6 is 0 Å². The molecule has 118 valence electrons. The number of carbonyl (C=O) groups is 2. The van der Waals surface area contributed by atoms with Crippen molar-refractivity contribution in [2.24, 2.45) is 0 Å². The van der Waals surface area contributed by atoms with E-state index in [1.807, 2.05) is 32.0 Å². The molecule has 0 radical (unpaired) electrons. The first kappa shape index (κ1) is 15.0. The van der Waals surface area contributed by atoms with Gasteiger partial charge in [0.15, 0.2) is 0 Å².